The number of methoxy groups -OCH3 is 2. The molecule has 1 aromatic carbocycles. The maximum atomic E-state index is 9.43. The lowest BCUT2D eigenvalue weighted by atomic mass is 10.0. The van der Waals surface area contributed by atoms with Crippen LogP contribution in [0.15, 0.2) is 18.3 Å². The fourth-order valence-electron chi connectivity index (χ4n) is 2.72. The first-order valence-corrected chi connectivity index (χ1v) is 6.37. The van der Waals surface area contributed by atoms with E-state index in [2.05, 4.69) is 16.5 Å². The van der Waals surface area contributed by atoms with Gasteiger partial charge in [-0.25, -0.2) is 10.8 Å². The van der Waals surface area contributed by atoms with Gasteiger partial charge in [0.15, 0.2) is 17.3 Å². The Labute approximate surface area is 122 Å². The smallest absolute Gasteiger partial charge is 0.161 e. The predicted octanol–water partition coefficient (Wildman–Crippen LogP) is 1.83. The molecule has 0 bridgehead atoms. The van der Waals surface area contributed by atoms with E-state index >= 15 is 0 Å². The maximum Gasteiger partial charge on any atom is 0.161 e. The summed E-state index contributed by atoms with van der Waals surface area (Å²) in [4.78, 5) is 4.19. The van der Waals surface area contributed by atoms with E-state index in [0.717, 1.165) is 22.3 Å². The molecule has 1 aliphatic rings. The Balaban J connectivity index is 2.28. The van der Waals surface area contributed by atoms with E-state index in [1.807, 2.05) is 12.1 Å². The first kappa shape index (κ1) is 13.2. The number of rotatable bonds is 3. The van der Waals surface area contributed by atoms with Crippen molar-refractivity contribution in [3.63, 3.8) is 0 Å². The van der Waals surface area contributed by atoms with E-state index in [9.17, 15) is 5.26 Å². The lowest BCUT2D eigenvalue weighted by molar-refractivity contribution is 0.355. The molecular weight excluding hydrogens is 268 g/mol. The third-order valence-corrected chi connectivity index (χ3v) is 3.67. The molecule has 6 heteroatoms. The molecule has 106 valence electrons. The van der Waals surface area contributed by atoms with Crippen molar-refractivity contribution >= 4 is 5.82 Å². The third-order valence-electron chi connectivity index (χ3n) is 3.67. The SMILES string of the molecule is COc1cc2c(cc1OC)-c1c(cnc(NN)c1C#N)C2. The monoisotopic (exact) mass is 282 g/mol. The van der Waals surface area contributed by atoms with Crippen molar-refractivity contribution in [3.8, 4) is 28.7 Å². The fraction of sp³-hybridized carbons (Fsp3) is 0.200. The van der Waals surface area contributed by atoms with Gasteiger partial charge in [-0.15, -0.1) is 0 Å². The first-order chi connectivity index (χ1) is 10.2. The summed E-state index contributed by atoms with van der Waals surface area (Å²) in [5, 5.41) is 9.43. The van der Waals surface area contributed by atoms with Gasteiger partial charge < -0.3 is 14.9 Å². The molecule has 3 rings (SSSR count). The zero-order valence-electron chi connectivity index (χ0n) is 11.7. The first-order valence-electron chi connectivity index (χ1n) is 6.37. The molecule has 21 heavy (non-hydrogen) atoms. The number of anilines is 1. The minimum absolute atomic E-state index is 0.374. The average Bonchev–Trinajstić information content (AvgIpc) is 2.89. The van der Waals surface area contributed by atoms with Gasteiger partial charge in [0, 0.05) is 18.2 Å². The Bertz CT molecular complexity index is 765. The number of aromatic nitrogens is 1. The van der Waals surface area contributed by atoms with Crippen molar-refractivity contribution in [2.45, 2.75) is 6.42 Å². The van der Waals surface area contributed by atoms with Gasteiger partial charge in [-0.3, -0.25) is 0 Å². The third kappa shape index (κ3) is 1.87. The second-order valence-corrected chi connectivity index (χ2v) is 4.68. The summed E-state index contributed by atoms with van der Waals surface area (Å²) in [5.74, 6) is 7.11. The molecule has 0 aliphatic heterocycles. The number of nitrogens with zero attached hydrogens (tertiary/aromatic N) is 2. The van der Waals surface area contributed by atoms with Crippen LogP contribution in [-0.4, -0.2) is 19.2 Å². The number of nitriles is 1. The van der Waals surface area contributed by atoms with Crippen molar-refractivity contribution in [1.82, 2.24) is 4.98 Å². The number of hydrogen-bond donors (Lipinski definition) is 2. The van der Waals surface area contributed by atoms with Crippen LogP contribution < -0.4 is 20.7 Å². The minimum atomic E-state index is 0.374. The Morgan fingerprint density at radius 3 is 2.57 bits per heavy atom. The van der Waals surface area contributed by atoms with Gasteiger partial charge >= 0.3 is 0 Å². The maximum absolute atomic E-state index is 9.43. The molecule has 0 saturated heterocycles. The highest BCUT2D eigenvalue weighted by Gasteiger charge is 2.26. The second kappa shape index (κ2) is 4.96. The Hall–Kier alpha value is -2.78. The predicted molar refractivity (Wildman–Crippen MR) is 78.1 cm³/mol. The van der Waals surface area contributed by atoms with Crippen molar-refractivity contribution in [2.24, 2.45) is 5.84 Å². The highest BCUT2D eigenvalue weighted by molar-refractivity contribution is 5.86. The number of fused-ring (bicyclic) bond motifs is 3. The molecule has 1 aromatic heterocycles. The van der Waals surface area contributed by atoms with Crippen molar-refractivity contribution < 1.29 is 9.47 Å². The molecule has 0 atom stereocenters. The molecule has 3 N–H and O–H groups in total. The van der Waals surface area contributed by atoms with Crippen LogP contribution in [0.3, 0.4) is 0 Å². The molecule has 6 nitrogen and oxygen atoms in total. The Morgan fingerprint density at radius 2 is 1.95 bits per heavy atom. The topological polar surface area (TPSA) is 93.2 Å². The van der Waals surface area contributed by atoms with Crippen LogP contribution in [0.4, 0.5) is 5.82 Å². The normalized spacial score (nSPS) is 11.3. The fourth-order valence-corrected chi connectivity index (χ4v) is 2.72. The van der Waals surface area contributed by atoms with E-state index in [1.54, 1.807) is 20.4 Å². The van der Waals surface area contributed by atoms with Crippen LogP contribution in [0.1, 0.15) is 16.7 Å². The van der Waals surface area contributed by atoms with E-state index in [1.165, 1.54) is 0 Å². The summed E-state index contributed by atoms with van der Waals surface area (Å²) in [6.45, 7) is 0. The number of pyridine rings is 1. The molecule has 0 amide bonds. The van der Waals surface area contributed by atoms with Gasteiger partial charge in [-0.1, -0.05) is 0 Å². The number of nitrogens with one attached hydrogen (secondary N) is 1. The summed E-state index contributed by atoms with van der Waals surface area (Å²) in [6.07, 6.45) is 2.45. The van der Waals surface area contributed by atoms with Gasteiger partial charge in [0.1, 0.15) is 11.6 Å². The molecule has 1 heterocycles. The Morgan fingerprint density at radius 1 is 1.24 bits per heavy atom. The van der Waals surface area contributed by atoms with Crippen molar-refractivity contribution in [1.29, 1.82) is 5.26 Å². The molecule has 0 spiro atoms. The number of hydrazine groups is 1. The van der Waals surface area contributed by atoms with Crippen LogP contribution in [-0.2, 0) is 6.42 Å². The van der Waals surface area contributed by atoms with Gasteiger partial charge in [-0.2, -0.15) is 5.26 Å². The molecule has 2 aromatic rings. The largest absolute Gasteiger partial charge is 0.493 e. The van der Waals surface area contributed by atoms with Crippen molar-refractivity contribution in [3.05, 3.63) is 35.0 Å². The highest BCUT2D eigenvalue weighted by atomic mass is 16.5. The molecule has 0 radical (unpaired) electrons. The van der Waals surface area contributed by atoms with E-state index < -0.39 is 0 Å². The average molecular weight is 282 g/mol. The number of nitrogens with two attached hydrogens (primary N) is 1. The molecule has 0 saturated carbocycles. The van der Waals surface area contributed by atoms with Gasteiger partial charge in [-0.05, 0) is 28.8 Å². The van der Waals surface area contributed by atoms with Gasteiger partial charge in [0.05, 0.1) is 14.2 Å². The number of ether oxygens (including phenoxy) is 2. The summed E-state index contributed by atoms with van der Waals surface area (Å²) >= 11 is 0. The zero-order chi connectivity index (χ0) is 15.0. The molecule has 0 fully saturated rings. The van der Waals surface area contributed by atoms with Gasteiger partial charge in [0.2, 0.25) is 0 Å². The number of nitrogen functional groups attached to an aromatic ring is 1. The summed E-state index contributed by atoms with van der Waals surface area (Å²) in [5.41, 5.74) is 6.80. The van der Waals surface area contributed by atoms with Crippen LogP contribution >= 0.6 is 0 Å². The number of benzene rings is 1. The van der Waals surface area contributed by atoms with Crippen LogP contribution in [0, 0.1) is 11.3 Å². The summed E-state index contributed by atoms with van der Waals surface area (Å²) in [6, 6.07) is 6.00. The van der Waals surface area contributed by atoms with E-state index in [-0.39, 0.29) is 0 Å². The Kier molecular flexibility index (Phi) is 3.12. The minimum Gasteiger partial charge on any atom is -0.493 e. The lowest BCUT2D eigenvalue weighted by Crippen LogP contribution is -2.11. The molecule has 0 unspecified atom stereocenters. The standard InChI is InChI=1S/C15H14N4O2/c1-20-12-4-8-3-9-7-18-15(19-17)11(6-16)14(9)10(8)5-13(12)21-2/h4-5,7H,3,17H2,1-2H3,(H,18,19). The lowest BCUT2D eigenvalue weighted by Gasteiger charge is -2.11. The van der Waals surface area contributed by atoms with Crippen molar-refractivity contribution in [2.75, 3.05) is 19.6 Å². The van der Waals surface area contributed by atoms with E-state index in [4.69, 9.17) is 15.3 Å². The second-order valence-electron chi connectivity index (χ2n) is 4.68. The zero-order valence-corrected chi connectivity index (χ0v) is 11.7. The highest BCUT2D eigenvalue weighted by Crippen LogP contribution is 2.44. The van der Waals surface area contributed by atoms with Gasteiger partial charge in [0.25, 0.3) is 0 Å². The quantitative estimate of drug-likeness (QED) is 0.562. The summed E-state index contributed by atoms with van der Waals surface area (Å²) in [7, 11) is 3.19. The molecular formula is C15H14N4O2. The van der Waals surface area contributed by atoms with E-state index in [0.29, 0.717) is 29.3 Å². The summed E-state index contributed by atoms with van der Waals surface area (Å²) < 4.78 is 10.7. The number of hydrogen-bond acceptors (Lipinski definition) is 6. The molecule has 1 aliphatic carbocycles. The van der Waals surface area contributed by atoms with Crippen LogP contribution in [0.5, 0.6) is 11.5 Å². The van der Waals surface area contributed by atoms with Crippen LogP contribution in [0.2, 0.25) is 0 Å². The van der Waals surface area contributed by atoms with Crippen LogP contribution in [0.25, 0.3) is 11.1 Å².